The summed E-state index contributed by atoms with van der Waals surface area (Å²) >= 11 is 1.32. The maximum atomic E-state index is 13.8. The highest BCUT2D eigenvalue weighted by Gasteiger charge is 2.11. The predicted molar refractivity (Wildman–Crippen MR) is 78.9 cm³/mol. The van der Waals surface area contributed by atoms with Gasteiger partial charge in [-0.3, -0.25) is 4.79 Å². The van der Waals surface area contributed by atoms with Gasteiger partial charge in [-0.15, -0.1) is 11.3 Å². The van der Waals surface area contributed by atoms with Crippen LogP contribution >= 0.6 is 11.3 Å². The van der Waals surface area contributed by atoms with Gasteiger partial charge in [-0.1, -0.05) is 12.1 Å². The van der Waals surface area contributed by atoms with E-state index in [9.17, 15) is 9.18 Å². The van der Waals surface area contributed by atoms with E-state index in [0.717, 1.165) is 0 Å². The first-order valence-electron chi connectivity index (χ1n) is 6.25. The van der Waals surface area contributed by atoms with E-state index in [1.54, 1.807) is 23.6 Å². The lowest BCUT2D eigenvalue weighted by Crippen LogP contribution is -2.13. The van der Waals surface area contributed by atoms with Crippen molar-refractivity contribution in [2.45, 2.75) is 13.2 Å². The molecule has 108 valence electrons. The molecule has 0 fully saturated rings. The molecule has 0 saturated heterocycles. The van der Waals surface area contributed by atoms with Crippen LogP contribution in [0.4, 0.5) is 4.39 Å². The molecule has 0 aliphatic heterocycles. The zero-order valence-electron chi connectivity index (χ0n) is 10.9. The van der Waals surface area contributed by atoms with Crippen molar-refractivity contribution in [3.05, 3.63) is 57.2 Å². The first-order valence-corrected chi connectivity index (χ1v) is 7.13. The van der Waals surface area contributed by atoms with Gasteiger partial charge in [0.05, 0.1) is 5.52 Å². The highest BCUT2D eigenvalue weighted by Crippen LogP contribution is 2.23. The van der Waals surface area contributed by atoms with Gasteiger partial charge in [-0.25, -0.2) is 9.37 Å². The molecule has 0 spiro atoms. The number of hydrogen-bond acceptors (Lipinski definition) is 5. The van der Waals surface area contributed by atoms with Crippen LogP contribution < -0.4 is 16.0 Å². The third kappa shape index (κ3) is 2.65. The Labute approximate surface area is 123 Å². The summed E-state index contributed by atoms with van der Waals surface area (Å²) in [5, 5.41) is 1.79. The Morgan fingerprint density at radius 2 is 2.24 bits per heavy atom. The summed E-state index contributed by atoms with van der Waals surface area (Å²) < 4.78 is 19.8. The molecular formula is C14H12FN3O2S. The van der Waals surface area contributed by atoms with Gasteiger partial charge >= 0.3 is 0 Å². The zero-order valence-corrected chi connectivity index (χ0v) is 11.7. The third-order valence-corrected chi connectivity index (χ3v) is 3.89. The number of aromatic nitrogens is 2. The second kappa shape index (κ2) is 5.63. The van der Waals surface area contributed by atoms with Gasteiger partial charge in [0.2, 0.25) is 0 Å². The molecule has 0 unspecified atom stereocenters. The molecule has 3 rings (SSSR count). The second-order valence-corrected chi connectivity index (χ2v) is 5.28. The molecule has 0 aliphatic rings. The molecule has 2 aromatic heterocycles. The molecule has 0 amide bonds. The predicted octanol–water partition coefficient (Wildman–Crippen LogP) is 2.16. The first-order chi connectivity index (χ1) is 10.2. The topological polar surface area (TPSA) is 81.0 Å². The smallest absolute Gasteiger partial charge is 0.268 e. The number of fused-ring (bicyclic) bond motifs is 1. The van der Waals surface area contributed by atoms with Gasteiger partial charge in [0, 0.05) is 12.1 Å². The quantitative estimate of drug-likeness (QED) is 0.774. The Hall–Kier alpha value is -2.25. The van der Waals surface area contributed by atoms with E-state index in [0.29, 0.717) is 21.6 Å². The number of para-hydroxylation sites is 1. The SMILES string of the molecule is NCc1cccc(F)c1OCc1nc2ccsc2c(=O)[nH]1. The molecule has 0 bridgehead atoms. The van der Waals surface area contributed by atoms with E-state index < -0.39 is 5.82 Å². The highest BCUT2D eigenvalue weighted by molar-refractivity contribution is 7.17. The zero-order chi connectivity index (χ0) is 14.8. The van der Waals surface area contributed by atoms with Crippen molar-refractivity contribution < 1.29 is 9.13 Å². The average molecular weight is 305 g/mol. The van der Waals surface area contributed by atoms with Crippen LogP contribution in [0.3, 0.4) is 0 Å². The Balaban J connectivity index is 1.88. The van der Waals surface area contributed by atoms with E-state index in [1.165, 1.54) is 17.4 Å². The maximum absolute atomic E-state index is 13.8. The number of nitrogens with two attached hydrogens (primary N) is 1. The van der Waals surface area contributed by atoms with Crippen LogP contribution in [0.2, 0.25) is 0 Å². The van der Waals surface area contributed by atoms with Gasteiger partial charge in [-0.2, -0.15) is 0 Å². The van der Waals surface area contributed by atoms with Gasteiger partial charge in [0.1, 0.15) is 17.1 Å². The summed E-state index contributed by atoms with van der Waals surface area (Å²) in [6.45, 7) is 0.134. The summed E-state index contributed by atoms with van der Waals surface area (Å²) in [7, 11) is 0. The van der Waals surface area contributed by atoms with E-state index in [-0.39, 0.29) is 24.5 Å². The molecule has 0 aliphatic carbocycles. The van der Waals surface area contributed by atoms with Crippen molar-refractivity contribution in [2.24, 2.45) is 5.73 Å². The van der Waals surface area contributed by atoms with E-state index in [4.69, 9.17) is 10.5 Å². The van der Waals surface area contributed by atoms with Crippen molar-refractivity contribution in [1.29, 1.82) is 0 Å². The first kappa shape index (κ1) is 13.7. The molecule has 0 radical (unpaired) electrons. The number of ether oxygens (including phenoxy) is 1. The molecule has 1 aromatic carbocycles. The standard InChI is InChI=1S/C14H12FN3O2S/c15-9-3-1-2-8(6-16)12(9)20-7-11-17-10-4-5-21-13(10)14(19)18-11/h1-5H,6-7,16H2,(H,17,18,19). The number of thiophene rings is 1. The minimum absolute atomic E-state index is 0.0328. The summed E-state index contributed by atoms with van der Waals surface area (Å²) in [6, 6.07) is 6.32. The largest absolute Gasteiger partial charge is 0.482 e. The lowest BCUT2D eigenvalue weighted by molar-refractivity contribution is 0.278. The number of halogens is 1. The Bertz CT molecular complexity index is 844. The summed E-state index contributed by atoms with van der Waals surface area (Å²) in [5.41, 5.74) is 6.50. The molecule has 0 atom stereocenters. The molecule has 5 nitrogen and oxygen atoms in total. The van der Waals surface area contributed by atoms with Crippen LogP contribution in [0.25, 0.3) is 10.2 Å². The molecule has 0 saturated carbocycles. The van der Waals surface area contributed by atoms with Crippen LogP contribution in [0, 0.1) is 5.82 Å². The number of nitrogens with one attached hydrogen (secondary N) is 1. The Kier molecular flexibility index (Phi) is 3.68. The fraction of sp³-hybridized carbons (Fsp3) is 0.143. The normalized spacial score (nSPS) is 11.0. The second-order valence-electron chi connectivity index (χ2n) is 4.37. The number of benzene rings is 1. The number of aromatic amines is 1. The van der Waals surface area contributed by atoms with E-state index >= 15 is 0 Å². The van der Waals surface area contributed by atoms with E-state index in [1.807, 2.05) is 0 Å². The molecule has 3 aromatic rings. The monoisotopic (exact) mass is 305 g/mol. The summed E-state index contributed by atoms with van der Waals surface area (Å²) in [6.07, 6.45) is 0. The van der Waals surface area contributed by atoms with Gasteiger partial charge in [0.15, 0.2) is 11.6 Å². The van der Waals surface area contributed by atoms with Crippen molar-refractivity contribution in [2.75, 3.05) is 0 Å². The molecule has 3 N–H and O–H groups in total. The number of nitrogens with zero attached hydrogens (tertiary/aromatic N) is 1. The summed E-state index contributed by atoms with van der Waals surface area (Å²) in [4.78, 5) is 18.7. The number of H-pyrrole nitrogens is 1. The van der Waals surface area contributed by atoms with Crippen molar-refractivity contribution in [1.82, 2.24) is 9.97 Å². The Morgan fingerprint density at radius 3 is 3.05 bits per heavy atom. The van der Waals surface area contributed by atoms with Crippen LogP contribution in [0.5, 0.6) is 5.75 Å². The van der Waals surface area contributed by atoms with Crippen LogP contribution in [0.1, 0.15) is 11.4 Å². The van der Waals surface area contributed by atoms with Crippen LogP contribution in [-0.2, 0) is 13.2 Å². The number of rotatable bonds is 4. The minimum atomic E-state index is -0.489. The van der Waals surface area contributed by atoms with Gasteiger partial charge < -0.3 is 15.5 Å². The van der Waals surface area contributed by atoms with E-state index in [2.05, 4.69) is 9.97 Å². The van der Waals surface area contributed by atoms with Crippen molar-refractivity contribution in [3.8, 4) is 5.75 Å². The minimum Gasteiger partial charge on any atom is -0.482 e. The fourth-order valence-electron chi connectivity index (χ4n) is 2.01. The average Bonchev–Trinajstić information content (AvgIpc) is 2.94. The summed E-state index contributed by atoms with van der Waals surface area (Å²) in [5.74, 6) is -0.0536. The molecule has 7 heteroatoms. The lowest BCUT2D eigenvalue weighted by atomic mass is 10.2. The maximum Gasteiger partial charge on any atom is 0.268 e. The van der Waals surface area contributed by atoms with Crippen LogP contribution in [0.15, 0.2) is 34.4 Å². The lowest BCUT2D eigenvalue weighted by Gasteiger charge is -2.10. The van der Waals surface area contributed by atoms with Gasteiger partial charge in [-0.05, 0) is 17.5 Å². The number of hydrogen-bond donors (Lipinski definition) is 2. The molecular weight excluding hydrogens is 293 g/mol. The van der Waals surface area contributed by atoms with Crippen LogP contribution in [-0.4, -0.2) is 9.97 Å². The third-order valence-electron chi connectivity index (χ3n) is 2.99. The van der Waals surface area contributed by atoms with Gasteiger partial charge in [0.25, 0.3) is 5.56 Å². The Morgan fingerprint density at radius 1 is 1.38 bits per heavy atom. The molecule has 2 heterocycles. The fourth-order valence-corrected chi connectivity index (χ4v) is 2.73. The molecule has 21 heavy (non-hydrogen) atoms. The van der Waals surface area contributed by atoms with Crippen molar-refractivity contribution in [3.63, 3.8) is 0 Å². The van der Waals surface area contributed by atoms with Crippen molar-refractivity contribution >= 4 is 21.6 Å². The highest BCUT2D eigenvalue weighted by atomic mass is 32.1.